The first-order chi connectivity index (χ1) is 16.9. The summed E-state index contributed by atoms with van der Waals surface area (Å²) in [6.07, 6.45) is 1.07. The highest BCUT2D eigenvalue weighted by Gasteiger charge is 2.49. The van der Waals surface area contributed by atoms with E-state index in [0.29, 0.717) is 22.9 Å². The molecular weight excluding hydrogens is 521 g/mol. The molecule has 5 atom stereocenters. The largest absolute Gasteiger partial charge is 0.481 e. The molecule has 0 aliphatic carbocycles. The predicted molar refractivity (Wildman–Crippen MR) is 143 cm³/mol. The van der Waals surface area contributed by atoms with Crippen LogP contribution in [-0.2, 0) is 25.8 Å². The third kappa shape index (κ3) is 6.61. The van der Waals surface area contributed by atoms with Gasteiger partial charge in [-0.2, -0.15) is 0 Å². The van der Waals surface area contributed by atoms with E-state index < -0.39 is 38.4 Å². The number of carboxylic acids is 1. The van der Waals surface area contributed by atoms with Crippen molar-refractivity contribution >= 4 is 44.9 Å². The zero-order valence-electron chi connectivity index (χ0n) is 20.7. The quantitative estimate of drug-likeness (QED) is 0.403. The van der Waals surface area contributed by atoms with Gasteiger partial charge in [0, 0.05) is 27.8 Å². The second-order valence-corrected chi connectivity index (χ2v) is 13.5. The molecule has 196 valence electrons. The van der Waals surface area contributed by atoms with E-state index in [1.165, 1.54) is 0 Å². The van der Waals surface area contributed by atoms with Crippen molar-refractivity contribution in [2.75, 3.05) is 5.75 Å². The summed E-state index contributed by atoms with van der Waals surface area (Å²) in [5.41, 5.74) is 0.729. The van der Waals surface area contributed by atoms with Gasteiger partial charge >= 0.3 is 5.97 Å². The van der Waals surface area contributed by atoms with E-state index in [-0.39, 0.29) is 30.4 Å². The Kier molecular flexibility index (Phi) is 9.12. The van der Waals surface area contributed by atoms with E-state index in [1.807, 2.05) is 30.3 Å². The van der Waals surface area contributed by atoms with Crippen molar-refractivity contribution in [3.8, 4) is 0 Å². The first-order valence-electron chi connectivity index (χ1n) is 12.1. The van der Waals surface area contributed by atoms with Gasteiger partial charge in [-0.15, -0.1) is 0 Å². The normalized spacial score (nSPS) is 24.1. The minimum absolute atomic E-state index is 0.00909. The van der Waals surface area contributed by atoms with Crippen molar-refractivity contribution in [3.63, 3.8) is 0 Å². The smallest absolute Gasteiger partial charge is 0.304 e. The van der Waals surface area contributed by atoms with Crippen molar-refractivity contribution in [2.45, 2.75) is 63.7 Å². The zero-order valence-corrected chi connectivity index (χ0v) is 23.0. The van der Waals surface area contributed by atoms with Crippen LogP contribution >= 0.6 is 23.2 Å². The molecule has 1 aliphatic heterocycles. The molecule has 1 amide bonds. The Labute approximate surface area is 223 Å². The van der Waals surface area contributed by atoms with Gasteiger partial charge in [0.25, 0.3) is 0 Å². The van der Waals surface area contributed by atoms with Gasteiger partial charge in [-0.25, -0.2) is 8.42 Å². The Morgan fingerprint density at radius 1 is 1.17 bits per heavy atom. The maximum atomic E-state index is 13.3. The molecule has 3 rings (SSSR count). The van der Waals surface area contributed by atoms with Crippen molar-refractivity contribution in [1.82, 2.24) is 5.32 Å². The molecule has 0 radical (unpaired) electrons. The third-order valence-electron chi connectivity index (χ3n) is 7.48. The summed E-state index contributed by atoms with van der Waals surface area (Å²) < 4.78 is 26.1. The number of halogens is 2. The van der Waals surface area contributed by atoms with E-state index in [2.05, 4.69) is 5.32 Å². The second kappa shape index (κ2) is 11.5. The van der Waals surface area contributed by atoms with E-state index in [4.69, 9.17) is 23.2 Å². The molecule has 1 saturated heterocycles. The molecule has 1 heterocycles. The zero-order chi connectivity index (χ0) is 26.7. The van der Waals surface area contributed by atoms with Gasteiger partial charge in [0.2, 0.25) is 5.91 Å². The molecule has 2 aromatic carbocycles. The van der Waals surface area contributed by atoms with Crippen LogP contribution in [0.25, 0.3) is 0 Å². The minimum atomic E-state index is -3.43. The minimum Gasteiger partial charge on any atom is -0.481 e. The Morgan fingerprint density at radius 2 is 1.83 bits per heavy atom. The first-order valence-corrected chi connectivity index (χ1v) is 14.6. The van der Waals surface area contributed by atoms with E-state index >= 15 is 0 Å². The number of hydrogen-bond donors (Lipinski definition) is 2. The average Bonchev–Trinajstić information content (AvgIpc) is 2.81. The van der Waals surface area contributed by atoms with Gasteiger partial charge in [-0.05, 0) is 67.5 Å². The van der Waals surface area contributed by atoms with Gasteiger partial charge in [-0.1, -0.05) is 61.3 Å². The SMILES string of the molecule is CCS(=O)(=O)[C@H](C)[C@@H](CCc1ccc(Cl)cc1)[C@H]1NC(=O)[C@](C)(CC(=O)O)C[C@@H]1c1cccc(Cl)c1. The topological polar surface area (TPSA) is 101 Å². The number of benzene rings is 2. The Hall–Kier alpha value is -2.09. The summed E-state index contributed by atoms with van der Waals surface area (Å²) in [5.74, 6) is -2.16. The fourth-order valence-corrected chi connectivity index (χ4v) is 6.99. The summed E-state index contributed by atoms with van der Waals surface area (Å²) in [5, 5.41) is 13.0. The molecule has 0 unspecified atom stereocenters. The van der Waals surface area contributed by atoms with Gasteiger partial charge in [0.1, 0.15) is 0 Å². The van der Waals surface area contributed by atoms with E-state index in [9.17, 15) is 23.1 Å². The number of hydrogen-bond acceptors (Lipinski definition) is 4. The van der Waals surface area contributed by atoms with Crippen LogP contribution in [0.5, 0.6) is 0 Å². The van der Waals surface area contributed by atoms with Crippen molar-refractivity contribution in [3.05, 3.63) is 69.7 Å². The highest BCUT2D eigenvalue weighted by molar-refractivity contribution is 7.91. The van der Waals surface area contributed by atoms with Crippen molar-refractivity contribution in [1.29, 1.82) is 0 Å². The van der Waals surface area contributed by atoms with E-state index in [1.54, 1.807) is 39.0 Å². The lowest BCUT2D eigenvalue weighted by atomic mass is 9.66. The number of amides is 1. The van der Waals surface area contributed by atoms with Crippen LogP contribution in [0.1, 0.15) is 57.1 Å². The third-order valence-corrected chi connectivity index (χ3v) is 10.3. The number of aryl methyl sites for hydroxylation is 1. The van der Waals surface area contributed by atoms with E-state index in [0.717, 1.165) is 11.1 Å². The standard InChI is InChI=1S/C27H33Cl2NO5S/c1-4-36(34,35)17(2)22(13-10-18-8-11-20(28)12-9-18)25-23(19-6-5-7-21(29)14-19)15-27(3,16-24(31)32)26(33)30-25/h5-9,11-12,14,17,22-23,25H,4,10,13,15-16H2,1-3H3,(H,30,33)(H,31,32)/t17-,22-,23-,25-,27+/m1/s1. The van der Waals surface area contributed by atoms with Crippen LogP contribution < -0.4 is 5.32 Å². The highest BCUT2D eigenvalue weighted by Crippen LogP contribution is 2.45. The fourth-order valence-electron chi connectivity index (χ4n) is 5.31. The monoisotopic (exact) mass is 553 g/mol. The molecule has 1 fully saturated rings. The lowest BCUT2D eigenvalue weighted by Gasteiger charge is -2.46. The summed E-state index contributed by atoms with van der Waals surface area (Å²) in [4.78, 5) is 24.9. The first kappa shape index (κ1) is 28.5. The Balaban J connectivity index is 2.05. The molecule has 0 saturated carbocycles. The number of carbonyl (C=O) groups excluding carboxylic acids is 1. The maximum Gasteiger partial charge on any atom is 0.304 e. The molecule has 1 aliphatic rings. The number of nitrogens with one attached hydrogen (secondary N) is 1. The number of piperidine rings is 1. The molecule has 36 heavy (non-hydrogen) atoms. The summed E-state index contributed by atoms with van der Waals surface area (Å²) >= 11 is 12.3. The summed E-state index contributed by atoms with van der Waals surface area (Å²) in [7, 11) is -3.43. The predicted octanol–water partition coefficient (Wildman–Crippen LogP) is 5.52. The average molecular weight is 555 g/mol. The number of carboxylic acid groups (broad SMARTS) is 1. The molecule has 2 aromatic rings. The highest BCUT2D eigenvalue weighted by atomic mass is 35.5. The molecule has 2 N–H and O–H groups in total. The van der Waals surface area contributed by atoms with Crippen LogP contribution in [0.2, 0.25) is 10.0 Å². The molecular formula is C27H33Cl2NO5S. The van der Waals surface area contributed by atoms with Crippen LogP contribution in [0.4, 0.5) is 0 Å². The Bertz CT molecular complexity index is 1200. The molecule has 0 bridgehead atoms. The molecule has 9 heteroatoms. The number of rotatable bonds is 10. The number of sulfone groups is 1. The number of aliphatic carboxylic acids is 1. The van der Waals surface area contributed by atoms with Gasteiger partial charge in [-0.3, -0.25) is 9.59 Å². The fraction of sp³-hybridized carbons (Fsp3) is 0.481. The van der Waals surface area contributed by atoms with Crippen molar-refractivity contribution < 1.29 is 23.1 Å². The van der Waals surface area contributed by atoms with Crippen LogP contribution in [0, 0.1) is 11.3 Å². The van der Waals surface area contributed by atoms with Gasteiger partial charge < -0.3 is 10.4 Å². The number of carbonyl (C=O) groups is 2. The van der Waals surface area contributed by atoms with Crippen LogP contribution in [0.3, 0.4) is 0 Å². The van der Waals surface area contributed by atoms with Gasteiger partial charge in [0.05, 0.1) is 17.1 Å². The molecule has 0 spiro atoms. The second-order valence-electron chi connectivity index (χ2n) is 9.98. The lowest BCUT2D eigenvalue weighted by Crippen LogP contribution is -2.58. The maximum absolute atomic E-state index is 13.3. The summed E-state index contributed by atoms with van der Waals surface area (Å²) in [6.45, 7) is 4.98. The van der Waals surface area contributed by atoms with Crippen molar-refractivity contribution in [2.24, 2.45) is 11.3 Å². The summed E-state index contributed by atoms with van der Waals surface area (Å²) in [6, 6.07) is 14.2. The lowest BCUT2D eigenvalue weighted by molar-refractivity contribution is -0.147. The van der Waals surface area contributed by atoms with Gasteiger partial charge in [0.15, 0.2) is 9.84 Å². The van der Waals surface area contributed by atoms with Crippen LogP contribution in [0.15, 0.2) is 48.5 Å². The molecule has 6 nitrogen and oxygen atoms in total. The Morgan fingerprint density at radius 3 is 2.42 bits per heavy atom. The van der Waals surface area contributed by atoms with Crippen LogP contribution in [-0.4, -0.2) is 42.4 Å². The molecule has 0 aromatic heterocycles.